The van der Waals surface area contributed by atoms with Crippen LogP contribution in [0.5, 0.6) is 0 Å². The molecule has 7 heteroatoms. The number of nitrogens with zero attached hydrogens (tertiary/aromatic N) is 1. The van der Waals surface area contributed by atoms with E-state index in [4.69, 9.17) is 0 Å². The van der Waals surface area contributed by atoms with Gasteiger partial charge < -0.3 is 5.32 Å². The molecule has 1 N–H and O–H groups in total. The number of nitrogens with one attached hydrogen (secondary N) is 1. The van der Waals surface area contributed by atoms with E-state index in [9.17, 15) is 18.9 Å². The molecule has 1 heterocycles. The standard InChI is InChI=1S/C14H14F2N2O2S/c1-7-4-11(9(3)21-7)8(2)17-14-12(16)5-10(15)6-13(14)18(19)20/h4-6,8,17H,1-3H3. The molecule has 0 amide bonds. The first-order valence-electron chi connectivity index (χ1n) is 6.26. The van der Waals surface area contributed by atoms with Gasteiger partial charge in [-0.05, 0) is 32.4 Å². The molecule has 0 radical (unpaired) electrons. The number of hydrogen-bond donors (Lipinski definition) is 1. The maximum atomic E-state index is 13.8. The third-order valence-electron chi connectivity index (χ3n) is 3.14. The second-order valence-electron chi connectivity index (χ2n) is 4.77. The number of thiophene rings is 1. The van der Waals surface area contributed by atoms with Crippen LogP contribution < -0.4 is 5.32 Å². The minimum Gasteiger partial charge on any atom is -0.371 e. The highest BCUT2D eigenvalue weighted by Gasteiger charge is 2.23. The van der Waals surface area contributed by atoms with Crippen molar-refractivity contribution in [2.45, 2.75) is 26.8 Å². The lowest BCUT2D eigenvalue weighted by molar-refractivity contribution is -0.384. The van der Waals surface area contributed by atoms with Crippen LogP contribution in [0.15, 0.2) is 18.2 Å². The molecule has 0 saturated heterocycles. The Kier molecular flexibility index (Phi) is 4.22. The molecule has 1 aromatic heterocycles. The van der Waals surface area contributed by atoms with Crippen molar-refractivity contribution in [3.05, 3.63) is 55.3 Å². The van der Waals surface area contributed by atoms with Crippen LogP contribution >= 0.6 is 11.3 Å². The van der Waals surface area contributed by atoms with E-state index in [0.29, 0.717) is 12.1 Å². The minimum atomic E-state index is -0.974. The average molecular weight is 312 g/mol. The molecule has 1 unspecified atom stereocenters. The van der Waals surface area contributed by atoms with Crippen LogP contribution in [0.2, 0.25) is 0 Å². The van der Waals surface area contributed by atoms with E-state index in [2.05, 4.69) is 5.32 Å². The van der Waals surface area contributed by atoms with Gasteiger partial charge in [-0.2, -0.15) is 0 Å². The van der Waals surface area contributed by atoms with Crippen LogP contribution in [-0.4, -0.2) is 4.92 Å². The van der Waals surface area contributed by atoms with Gasteiger partial charge in [0.2, 0.25) is 0 Å². The molecule has 0 saturated carbocycles. The first-order chi connectivity index (χ1) is 9.79. The zero-order chi connectivity index (χ0) is 15.7. The second kappa shape index (κ2) is 5.77. The van der Waals surface area contributed by atoms with E-state index in [1.165, 1.54) is 0 Å². The Morgan fingerprint density at radius 3 is 2.48 bits per heavy atom. The van der Waals surface area contributed by atoms with Crippen molar-refractivity contribution < 1.29 is 13.7 Å². The zero-order valence-electron chi connectivity index (χ0n) is 11.7. The third-order valence-corrected chi connectivity index (χ3v) is 4.12. The minimum absolute atomic E-state index is 0.294. The van der Waals surface area contributed by atoms with Crippen molar-refractivity contribution in [3.8, 4) is 0 Å². The molecular formula is C14H14F2N2O2S. The summed E-state index contributed by atoms with van der Waals surface area (Å²) in [5, 5.41) is 13.7. The number of hydrogen-bond acceptors (Lipinski definition) is 4. The SMILES string of the molecule is Cc1cc(C(C)Nc2c(F)cc(F)cc2[N+](=O)[O-])c(C)s1. The molecule has 0 spiro atoms. The van der Waals surface area contributed by atoms with Gasteiger partial charge in [0.05, 0.1) is 11.0 Å². The normalized spacial score (nSPS) is 12.2. The number of aryl methyl sites for hydroxylation is 2. The van der Waals surface area contributed by atoms with Crippen molar-refractivity contribution in [2.75, 3.05) is 5.32 Å². The maximum Gasteiger partial charge on any atom is 0.298 e. The second-order valence-corrected chi connectivity index (χ2v) is 6.23. The van der Waals surface area contributed by atoms with Crippen LogP contribution in [-0.2, 0) is 0 Å². The monoisotopic (exact) mass is 312 g/mol. The molecule has 21 heavy (non-hydrogen) atoms. The summed E-state index contributed by atoms with van der Waals surface area (Å²) in [6, 6.07) is 2.97. The Labute approximate surface area is 124 Å². The highest BCUT2D eigenvalue weighted by Crippen LogP contribution is 2.34. The van der Waals surface area contributed by atoms with Crippen molar-refractivity contribution in [2.24, 2.45) is 0 Å². The Morgan fingerprint density at radius 2 is 1.95 bits per heavy atom. The van der Waals surface area contributed by atoms with Gasteiger partial charge in [0.1, 0.15) is 11.5 Å². The third kappa shape index (κ3) is 3.18. The predicted octanol–water partition coefficient (Wildman–Crippen LogP) is 4.72. The number of nitro benzene ring substituents is 1. The summed E-state index contributed by atoms with van der Waals surface area (Å²) in [5.41, 5.74) is 0.0385. The van der Waals surface area contributed by atoms with Gasteiger partial charge in [0.15, 0.2) is 5.82 Å². The summed E-state index contributed by atoms with van der Waals surface area (Å²) in [5.74, 6) is -1.95. The Balaban J connectivity index is 2.39. The van der Waals surface area contributed by atoms with E-state index in [-0.39, 0.29) is 11.7 Å². The summed E-state index contributed by atoms with van der Waals surface area (Å²) in [7, 11) is 0. The molecule has 2 aromatic rings. The van der Waals surface area contributed by atoms with Gasteiger partial charge in [-0.15, -0.1) is 11.3 Å². The summed E-state index contributed by atoms with van der Waals surface area (Å²) in [6.07, 6.45) is 0. The Morgan fingerprint density at radius 1 is 1.29 bits per heavy atom. The highest BCUT2D eigenvalue weighted by atomic mass is 32.1. The molecule has 1 atom stereocenters. The zero-order valence-corrected chi connectivity index (χ0v) is 12.6. The van der Waals surface area contributed by atoms with Gasteiger partial charge in [0.25, 0.3) is 5.69 Å². The summed E-state index contributed by atoms with van der Waals surface area (Å²) >= 11 is 1.60. The lowest BCUT2D eigenvalue weighted by atomic mass is 10.1. The maximum absolute atomic E-state index is 13.8. The fraction of sp³-hybridized carbons (Fsp3) is 0.286. The lowest BCUT2D eigenvalue weighted by Crippen LogP contribution is -2.10. The summed E-state index contributed by atoms with van der Waals surface area (Å²) in [6.45, 7) is 5.66. The van der Waals surface area contributed by atoms with E-state index in [1.807, 2.05) is 19.9 Å². The Hall–Kier alpha value is -2.02. The first-order valence-corrected chi connectivity index (χ1v) is 7.08. The molecule has 0 fully saturated rings. The van der Waals surface area contributed by atoms with Gasteiger partial charge in [0, 0.05) is 21.9 Å². The molecule has 2 rings (SSSR count). The van der Waals surface area contributed by atoms with Gasteiger partial charge in [-0.3, -0.25) is 10.1 Å². The topological polar surface area (TPSA) is 55.2 Å². The van der Waals surface area contributed by atoms with E-state index in [1.54, 1.807) is 18.3 Å². The summed E-state index contributed by atoms with van der Waals surface area (Å²) < 4.78 is 27.0. The van der Waals surface area contributed by atoms with Crippen LogP contribution in [0.1, 0.15) is 28.3 Å². The largest absolute Gasteiger partial charge is 0.371 e. The number of nitro groups is 1. The van der Waals surface area contributed by atoms with Crippen LogP contribution in [0, 0.1) is 35.6 Å². The number of rotatable bonds is 4. The van der Waals surface area contributed by atoms with Crippen LogP contribution in [0.25, 0.3) is 0 Å². The highest BCUT2D eigenvalue weighted by molar-refractivity contribution is 7.12. The summed E-state index contributed by atoms with van der Waals surface area (Å²) in [4.78, 5) is 12.3. The smallest absolute Gasteiger partial charge is 0.298 e. The van der Waals surface area contributed by atoms with Gasteiger partial charge in [-0.25, -0.2) is 8.78 Å². The lowest BCUT2D eigenvalue weighted by Gasteiger charge is -2.16. The molecule has 0 aliphatic heterocycles. The fourth-order valence-corrected chi connectivity index (χ4v) is 3.24. The van der Waals surface area contributed by atoms with Crippen molar-refractivity contribution in [1.29, 1.82) is 0 Å². The molecule has 0 bridgehead atoms. The van der Waals surface area contributed by atoms with Crippen molar-refractivity contribution >= 4 is 22.7 Å². The quantitative estimate of drug-likeness (QED) is 0.656. The van der Waals surface area contributed by atoms with Crippen molar-refractivity contribution in [3.63, 3.8) is 0 Å². The first kappa shape index (κ1) is 15.4. The van der Waals surface area contributed by atoms with Crippen LogP contribution in [0.4, 0.5) is 20.2 Å². The van der Waals surface area contributed by atoms with E-state index >= 15 is 0 Å². The Bertz CT molecular complexity index is 701. The fourth-order valence-electron chi connectivity index (χ4n) is 2.22. The number of benzene rings is 1. The van der Waals surface area contributed by atoms with E-state index in [0.717, 1.165) is 15.3 Å². The molecule has 0 aliphatic carbocycles. The molecule has 112 valence electrons. The van der Waals surface area contributed by atoms with Gasteiger partial charge >= 0.3 is 0 Å². The number of halogens is 2. The predicted molar refractivity (Wildman–Crippen MR) is 78.8 cm³/mol. The van der Waals surface area contributed by atoms with Crippen LogP contribution in [0.3, 0.4) is 0 Å². The van der Waals surface area contributed by atoms with Gasteiger partial charge in [-0.1, -0.05) is 0 Å². The molecule has 4 nitrogen and oxygen atoms in total. The van der Waals surface area contributed by atoms with Crippen molar-refractivity contribution in [1.82, 2.24) is 0 Å². The molecular weight excluding hydrogens is 298 g/mol. The molecule has 0 aliphatic rings. The van der Waals surface area contributed by atoms with E-state index < -0.39 is 22.2 Å². The number of anilines is 1. The average Bonchev–Trinajstić information content (AvgIpc) is 2.71. The molecule has 1 aromatic carbocycles.